The molecule has 0 atom stereocenters. The molecule has 0 aliphatic rings. The van der Waals surface area contributed by atoms with Crippen LogP contribution in [0.2, 0.25) is 0 Å². The summed E-state index contributed by atoms with van der Waals surface area (Å²) in [4.78, 5) is 32.6. The summed E-state index contributed by atoms with van der Waals surface area (Å²) < 4.78 is 13.5. The number of halogens is 1. The largest absolute Gasteiger partial charge is 0.326 e. The van der Waals surface area contributed by atoms with E-state index in [1.807, 2.05) is 0 Å². The first-order valence-corrected chi connectivity index (χ1v) is 7.46. The van der Waals surface area contributed by atoms with E-state index in [-0.39, 0.29) is 11.3 Å². The molecule has 1 aromatic carbocycles. The van der Waals surface area contributed by atoms with E-state index in [1.54, 1.807) is 31.3 Å². The second-order valence-corrected chi connectivity index (χ2v) is 5.63. The maximum absolute atomic E-state index is 13.5. The molecule has 0 amide bonds. The Hall–Kier alpha value is -3.55. The molecular weight excluding hydrogens is 325 g/mol. The van der Waals surface area contributed by atoms with Crippen LogP contribution in [0.1, 0.15) is 5.56 Å². The van der Waals surface area contributed by atoms with Gasteiger partial charge in [-0.25, -0.2) is 14.2 Å². The van der Waals surface area contributed by atoms with Crippen molar-refractivity contribution in [3.05, 3.63) is 68.7 Å². The minimum Gasteiger partial charge on any atom is -0.305 e. The van der Waals surface area contributed by atoms with Crippen molar-refractivity contribution >= 4 is 11.0 Å². The molecule has 8 heteroatoms. The molecule has 0 saturated heterocycles. The summed E-state index contributed by atoms with van der Waals surface area (Å²) in [7, 11) is 0. The zero-order chi connectivity index (χ0) is 17.6. The molecule has 0 bridgehead atoms. The first-order valence-electron chi connectivity index (χ1n) is 7.46. The van der Waals surface area contributed by atoms with Gasteiger partial charge in [0.25, 0.3) is 5.56 Å². The predicted molar refractivity (Wildman–Crippen MR) is 90.7 cm³/mol. The van der Waals surface area contributed by atoms with Gasteiger partial charge >= 0.3 is 5.69 Å². The van der Waals surface area contributed by atoms with Gasteiger partial charge < -0.3 is 4.98 Å². The van der Waals surface area contributed by atoms with Gasteiger partial charge in [0.05, 0.1) is 23.1 Å². The van der Waals surface area contributed by atoms with E-state index in [4.69, 9.17) is 0 Å². The molecule has 0 saturated carbocycles. The topological polar surface area (TPSA) is 107 Å². The fraction of sp³-hybridized carbons (Fsp3) is 0.0588. The van der Waals surface area contributed by atoms with Crippen LogP contribution in [0.4, 0.5) is 4.39 Å². The van der Waals surface area contributed by atoms with Crippen LogP contribution < -0.4 is 11.2 Å². The minimum absolute atomic E-state index is 0.126. The second kappa shape index (κ2) is 5.52. The highest BCUT2D eigenvalue weighted by molar-refractivity contribution is 5.84. The lowest BCUT2D eigenvalue weighted by Gasteiger charge is -2.07. The van der Waals surface area contributed by atoms with Gasteiger partial charge in [-0.05, 0) is 30.7 Å². The summed E-state index contributed by atoms with van der Waals surface area (Å²) >= 11 is 0. The van der Waals surface area contributed by atoms with E-state index in [0.29, 0.717) is 33.6 Å². The van der Waals surface area contributed by atoms with E-state index in [2.05, 4.69) is 25.1 Å². The van der Waals surface area contributed by atoms with Crippen molar-refractivity contribution in [1.29, 1.82) is 0 Å². The number of benzene rings is 1. The molecule has 124 valence electrons. The third-order valence-electron chi connectivity index (χ3n) is 3.93. The first kappa shape index (κ1) is 15.0. The van der Waals surface area contributed by atoms with E-state index < -0.39 is 11.2 Å². The molecule has 4 aromatic rings. The van der Waals surface area contributed by atoms with E-state index in [9.17, 15) is 14.0 Å². The van der Waals surface area contributed by atoms with Crippen LogP contribution in [-0.2, 0) is 0 Å². The van der Waals surface area contributed by atoms with Gasteiger partial charge in [-0.3, -0.25) is 14.9 Å². The van der Waals surface area contributed by atoms with Crippen LogP contribution >= 0.6 is 0 Å². The average molecular weight is 337 g/mol. The fourth-order valence-corrected chi connectivity index (χ4v) is 2.78. The van der Waals surface area contributed by atoms with Gasteiger partial charge in [-0.15, -0.1) is 0 Å². The zero-order valence-electron chi connectivity index (χ0n) is 13.1. The number of hydrogen-bond acceptors (Lipinski definition) is 4. The molecule has 0 spiro atoms. The number of nitrogens with zero attached hydrogens (tertiary/aromatic N) is 2. The van der Waals surface area contributed by atoms with E-state index in [1.165, 1.54) is 12.1 Å². The fourth-order valence-electron chi connectivity index (χ4n) is 2.78. The number of H-pyrrole nitrogens is 3. The lowest BCUT2D eigenvalue weighted by atomic mass is 10.0. The smallest absolute Gasteiger partial charge is 0.305 e. The van der Waals surface area contributed by atoms with Crippen LogP contribution in [0.5, 0.6) is 0 Å². The Morgan fingerprint density at radius 2 is 1.96 bits per heavy atom. The number of aryl methyl sites for hydroxylation is 1. The molecule has 4 rings (SSSR count). The summed E-state index contributed by atoms with van der Waals surface area (Å²) in [6, 6.07) is 7.83. The highest BCUT2D eigenvalue weighted by Crippen LogP contribution is 2.30. The first-order chi connectivity index (χ1) is 12.0. The standard InChI is InChI=1S/C17H12FN5O2/c1-8-5-12(20-15-13(8)21-17(25)22-16(15)24)11-7-19-23-14(11)9-3-2-4-10(18)6-9/h2-7H,1H3,(H,19,23)(H2,21,22,24,25). The third-order valence-corrected chi connectivity index (χ3v) is 3.93. The maximum Gasteiger partial charge on any atom is 0.326 e. The normalized spacial score (nSPS) is 11.1. The monoisotopic (exact) mass is 337 g/mol. The van der Waals surface area contributed by atoms with Crippen LogP contribution in [0, 0.1) is 12.7 Å². The minimum atomic E-state index is -0.584. The molecule has 3 aromatic heterocycles. The Morgan fingerprint density at radius 3 is 2.76 bits per heavy atom. The molecule has 0 fully saturated rings. The maximum atomic E-state index is 13.5. The van der Waals surface area contributed by atoms with Crippen molar-refractivity contribution in [2.75, 3.05) is 0 Å². The van der Waals surface area contributed by atoms with E-state index in [0.717, 1.165) is 0 Å². The average Bonchev–Trinajstić information content (AvgIpc) is 3.05. The van der Waals surface area contributed by atoms with Crippen LogP contribution in [0.15, 0.2) is 46.1 Å². The molecule has 7 nitrogen and oxygen atoms in total. The zero-order valence-corrected chi connectivity index (χ0v) is 13.1. The van der Waals surface area contributed by atoms with Crippen molar-refractivity contribution in [3.63, 3.8) is 0 Å². The molecule has 0 aliphatic heterocycles. The van der Waals surface area contributed by atoms with Gasteiger partial charge in [0.1, 0.15) is 5.82 Å². The number of hydrogen-bond donors (Lipinski definition) is 3. The van der Waals surface area contributed by atoms with Gasteiger partial charge in [0, 0.05) is 11.1 Å². The molecule has 0 radical (unpaired) electrons. The Kier molecular flexibility index (Phi) is 3.31. The van der Waals surface area contributed by atoms with Crippen molar-refractivity contribution in [1.82, 2.24) is 25.1 Å². The number of rotatable bonds is 2. The number of fused-ring (bicyclic) bond motifs is 1. The molecule has 25 heavy (non-hydrogen) atoms. The number of nitrogens with one attached hydrogen (secondary N) is 3. The van der Waals surface area contributed by atoms with Crippen molar-refractivity contribution < 1.29 is 4.39 Å². The van der Waals surface area contributed by atoms with Crippen molar-refractivity contribution in [3.8, 4) is 22.5 Å². The number of aromatic nitrogens is 5. The highest BCUT2D eigenvalue weighted by Gasteiger charge is 2.15. The Balaban J connectivity index is 1.97. The van der Waals surface area contributed by atoms with Crippen LogP contribution in [0.25, 0.3) is 33.5 Å². The second-order valence-electron chi connectivity index (χ2n) is 5.63. The molecular formula is C17H12FN5O2. The lowest BCUT2D eigenvalue weighted by Crippen LogP contribution is -2.23. The summed E-state index contributed by atoms with van der Waals surface area (Å²) in [5, 5.41) is 6.86. The highest BCUT2D eigenvalue weighted by atomic mass is 19.1. The predicted octanol–water partition coefficient (Wildman–Crippen LogP) is 2.12. The molecule has 0 aliphatic carbocycles. The SMILES string of the molecule is Cc1cc(-c2cn[nH]c2-c2cccc(F)c2)nc2c(=O)[nH]c(=O)[nH]c12. The Bertz CT molecular complexity index is 1220. The van der Waals surface area contributed by atoms with Gasteiger partial charge in [-0.1, -0.05) is 12.1 Å². The summed E-state index contributed by atoms with van der Waals surface area (Å²) in [6.45, 7) is 1.77. The van der Waals surface area contributed by atoms with Crippen molar-refractivity contribution in [2.45, 2.75) is 6.92 Å². The number of aromatic amines is 3. The van der Waals surface area contributed by atoms with Crippen LogP contribution in [0.3, 0.4) is 0 Å². The summed E-state index contributed by atoms with van der Waals surface area (Å²) in [6.07, 6.45) is 1.56. The molecule has 3 heterocycles. The summed E-state index contributed by atoms with van der Waals surface area (Å²) in [5.74, 6) is -0.366. The molecule has 3 N–H and O–H groups in total. The van der Waals surface area contributed by atoms with Crippen molar-refractivity contribution in [2.24, 2.45) is 0 Å². The Labute approximate surface area is 139 Å². The van der Waals surface area contributed by atoms with E-state index >= 15 is 0 Å². The van der Waals surface area contributed by atoms with Crippen LogP contribution in [-0.4, -0.2) is 25.1 Å². The third kappa shape index (κ3) is 2.53. The quantitative estimate of drug-likeness (QED) is 0.521. The lowest BCUT2D eigenvalue weighted by molar-refractivity contribution is 0.628. The Morgan fingerprint density at radius 1 is 1.12 bits per heavy atom. The number of pyridine rings is 1. The van der Waals surface area contributed by atoms with Gasteiger partial charge in [0.2, 0.25) is 0 Å². The summed E-state index contributed by atoms with van der Waals surface area (Å²) in [5.41, 5.74) is 2.37. The van der Waals surface area contributed by atoms with Gasteiger partial charge in [-0.2, -0.15) is 5.10 Å². The molecule has 0 unspecified atom stereocenters. The van der Waals surface area contributed by atoms with Gasteiger partial charge in [0.15, 0.2) is 5.52 Å².